The lowest BCUT2D eigenvalue weighted by molar-refractivity contribution is -0.121. The second-order valence-corrected chi connectivity index (χ2v) is 11.8. The number of hydrogen-bond donors (Lipinski definition) is 0. The molecular formula is C26H32FO8PS. The van der Waals surface area contributed by atoms with Crippen molar-refractivity contribution in [1.82, 2.24) is 0 Å². The SMILES string of the molecule is CC(C)OP(=O)(OCOC(COc1ccc(CC2SC(=O)CC2=O)cc1)c1ccccc1F)OC(C)C. The van der Waals surface area contributed by atoms with E-state index in [1.807, 2.05) is 12.1 Å². The van der Waals surface area contributed by atoms with Gasteiger partial charge in [0.05, 0.1) is 23.9 Å². The van der Waals surface area contributed by atoms with Crippen LogP contribution in [0.2, 0.25) is 0 Å². The third-order valence-corrected chi connectivity index (χ3v) is 8.01. The molecule has 0 aromatic heterocycles. The molecule has 2 aromatic rings. The number of phosphoric acid groups is 1. The van der Waals surface area contributed by atoms with Gasteiger partial charge < -0.3 is 9.47 Å². The molecule has 2 atom stereocenters. The molecule has 1 aliphatic rings. The first-order valence-corrected chi connectivity index (χ1v) is 14.3. The highest BCUT2D eigenvalue weighted by atomic mass is 32.2. The zero-order valence-electron chi connectivity index (χ0n) is 21.3. The van der Waals surface area contributed by atoms with Crippen LogP contribution in [-0.2, 0) is 38.9 Å². The number of carbonyl (C=O) groups excluding carboxylic acids is 2. The zero-order valence-corrected chi connectivity index (χ0v) is 23.0. The summed E-state index contributed by atoms with van der Waals surface area (Å²) in [7, 11) is -3.90. The Kier molecular flexibility index (Phi) is 10.9. The molecule has 1 aliphatic heterocycles. The Bertz CT molecular complexity index is 1090. The third-order valence-electron chi connectivity index (χ3n) is 5.11. The Labute approximate surface area is 220 Å². The molecule has 2 unspecified atom stereocenters. The highest BCUT2D eigenvalue weighted by Crippen LogP contribution is 2.51. The maximum atomic E-state index is 14.5. The van der Waals surface area contributed by atoms with Gasteiger partial charge in [-0.05, 0) is 57.9 Å². The van der Waals surface area contributed by atoms with Crippen molar-refractivity contribution in [3.05, 3.63) is 65.5 Å². The first kappa shape index (κ1) is 29.5. The summed E-state index contributed by atoms with van der Waals surface area (Å²) < 4.78 is 55.1. The second kappa shape index (κ2) is 13.6. The molecule has 0 N–H and O–H groups in total. The number of halogens is 1. The van der Waals surface area contributed by atoms with E-state index in [0.717, 1.165) is 17.3 Å². The van der Waals surface area contributed by atoms with E-state index in [-0.39, 0.29) is 34.7 Å². The Morgan fingerprint density at radius 1 is 1.00 bits per heavy atom. The Balaban J connectivity index is 1.63. The number of carbonyl (C=O) groups is 2. The number of ketones is 1. The molecule has 1 fully saturated rings. The van der Waals surface area contributed by atoms with Crippen molar-refractivity contribution in [3.63, 3.8) is 0 Å². The molecule has 0 saturated carbocycles. The van der Waals surface area contributed by atoms with E-state index in [9.17, 15) is 18.5 Å². The molecule has 37 heavy (non-hydrogen) atoms. The second-order valence-electron chi connectivity index (χ2n) is 8.96. The Morgan fingerprint density at radius 2 is 1.65 bits per heavy atom. The number of Topliss-reactive ketones (excluding diaryl/α,β-unsaturated/α-hetero) is 1. The molecule has 11 heteroatoms. The first-order valence-electron chi connectivity index (χ1n) is 12.0. The number of rotatable bonds is 14. The molecule has 0 bridgehead atoms. The zero-order chi connectivity index (χ0) is 27.0. The predicted molar refractivity (Wildman–Crippen MR) is 138 cm³/mol. The smallest absolute Gasteiger partial charge is 0.477 e. The lowest BCUT2D eigenvalue weighted by Gasteiger charge is -2.24. The van der Waals surface area contributed by atoms with Crippen LogP contribution in [0.4, 0.5) is 4.39 Å². The lowest BCUT2D eigenvalue weighted by atomic mass is 10.1. The van der Waals surface area contributed by atoms with E-state index in [1.54, 1.807) is 58.0 Å². The summed E-state index contributed by atoms with van der Waals surface area (Å²) >= 11 is 1.08. The molecular weight excluding hydrogens is 522 g/mol. The predicted octanol–water partition coefficient (Wildman–Crippen LogP) is 6.04. The van der Waals surface area contributed by atoms with Crippen LogP contribution >= 0.6 is 19.6 Å². The molecule has 0 amide bonds. The average Bonchev–Trinajstić information content (AvgIpc) is 3.12. The summed E-state index contributed by atoms with van der Waals surface area (Å²) in [5.74, 6) is -0.0302. The van der Waals surface area contributed by atoms with Gasteiger partial charge in [0.1, 0.15) is 24.3 Å². The Morgan fingerprint density at radius 3 is 2.22 bits per heavy atom. The molecule has 2 aromatic carbocycles. The van der Waals surface area contributed by atoms with E-state index in [1.165, 1.54) is 6.07 Å². The quantitative estimate of drug-likeness (QED) is 0.157. The van der Waals surface area contributed by atoms with E-state index in [0.29, 0.717) is 12.2 Å². The molecule has 0 spiro atoms. The molecule has 0 aliphatic carbocycles. The third kappa shape index (κ3) is 9.32. The van der Waals surface area contributed by atoms with Crippen molar-refractivity contribution < 1.29 is 41.6 Å². The maximum absolute atomic E-state index is 14.5. The van der Waals surface area contributed by atoms with Gasteiger partial charge in [0.15, 0.2) is 17.7 Å². The van der Waals surface area contributed by atoms with Crippen LogP contribution in [0.3, 0.4) is 0 Å². The monoisotopic (exact) mass is 554 g/mol. The van der Waals surface area contributed by atoms with Crippen LogP contribution in [-0.4, -0.2) is 41.8 Å². The highest BCUT2D eigenvalue weighted by Gasteiger charge is 2.32. The van der Waals surface area contributed by atoms with Gasteiger partial charge in [-0.2, -0.15) is 0 Å². The average molecular weight is 555 g/mol. The summed E-state index contributed by atoms with van der Waals surface area (Å²) in [6.07, 6.45) is -1.26. The summed E-state index contributed by atoms with van der Waals surface area (Å²) in [5.41, 5.74) is 1.14. The standard InChI is InChI=1S/C26H32FO8PS/c1-17(2)34-36(30,35-18(3)4)33-16-32-24(21-7-5-6-8-22(21)27)15-31-20-11-9-19(10-12-20)13-25-23(28)14-26(29)37-25/h5-12,17-18,24-25H,13-16H2,1-4H3. The molecule has 0 radical (unpaired) electrons. The van der Waals surface area contributed by atoms with Gasteiger partial charge in [-0.25, -0.2) is 8.96 Å². The normalized spacial score (nSPS) is 17.1. The van der Waals surface area contributed by atoms with Crippen LogP contribution in [0.25, 0.3) is 0 Å². The van der Waals surface area contributed by atoms with Crippen LogP contribution in [0.15, 0.2) is 48.5 Å². The van der Waals surface area contributed by atoms with Gasteiger partial charge in [-0.1, -0.05) is 42.1 Å². The largest absolute Gasteiger partial charge is 0.491 e. The van der Waals surface area contributed by atoms with Gasteiger partial charge in [-0.15, -0.1) is 0 Å². The number of phosphoric ester groups is 1. The fourth-order valence-electron chi connectivity index (χ4n) is 3.53. The Hall–Kier alpha value is -2.07. The van der Waals surface area contributed by atoms with Gasteiger partial charge in [-0.3, -0.25) is 23.2 Å². The summed E-state index contributed by atoms with van der Waals surface area (Å²) in [6, 6.07) is 13.2. The molecule has 1 heterocycles. The van der Waals surface area contributed by atoms with Crippen molar-refractivity contribution in [2.24, 2.45) is 0 Å². The number of benzene rings is 2. The van der Waals surface area contributed by atoms with Gasteiger partial charge in [0.2, 0.25) is 0 Å². The number of hydrogen-bond acceptors (Lipinski definition) is 9. The minimum atomic E-state index is -3.90. The van der Waals surface area contributed by atoms with Crippen molar-refractivity contribution in [2.75, 3.05) is 13.4 Å². The van der Waals surface area contributed by atoms with Crippen molar-refractivity contribution in [2.45, 2.75) is 64.1 Å². The van der Waals surface area contributed by atoms with Crippen LogP contribution in [0.5, 0.6) is 5.75 Å². The maximum Gasteiger partial charge on any atom is 0.477 e. The van der Waals surface area contributed by atoms with Crippen molar-refractivity contribution >= 4 is 30.5 Å². The summed E-state index contributed by atoms with van der Waals surface area (Å²) in [4.78, 5) is 23.4. The van der Waals surface area contributed by atoms with Crippen LogP contribution in [0, 0.1) is 5.82 Å². The molecule has 3 rings (SSSR count). The van der Waals surface area contributed by atoms with E-state index in [2.05, 4.69) is 0 Å². The molecule has 1 saturated heterocycles. The lowest BCUT2D eigenvalue weighted by Crippen LogP contribution is -2.18. The van der Waals surface area contributed by atoms with E-state index >= 15 is 0 Å². The van der Waals surface area contributed by atoms with Crippen LogP contribution < -0.4 is 4.74 Å². The van der Waals surface area contributed by atoms with Crippen molar-refractivity contribution in [3.8, 4) is 5.75 Å². The van der Waals surface area contributed by atoms with E-state index in [4.69, 9.17) is 23.0 Å². The topological polar surface area (TPSA) is 97.4 Å². The van der Waals surface area contributed by atoms with Crippen molar-refractivity contribution in [1.29, 1.82) is 0 Å². The minimum Gasteiger partial charge on any atom is -0.491 e. The minimum absolute atomic E-state index is 0.0136. The first-order chi connectivity index (χ1) is 17.5. The summed E-state index contributed by atoms with van der Waals surface area (Å²) in [6.45, 7) is 6.26. The fraction of sp³-hybridized carbons (Fsp3) is 0.462. The van der Waals surface area contributed by atoms with Crippen LogP contribution in [0.1, 0.15) is 51.3 Å². The molecule has 8 nitrogen and oxygen atoms in total. The van der Waals surface area contributed by atoms with Gasteiger partial charge in [0, 0.05) is 5.56 Å². The highest BCUT2D eigenvalue weighted by molar-refractivity contribution is 8.15. The number of thioether (sulfide) groups is 1. The number of ether oxygens (including phenoxy) is 2. The fourth-order valence-corrected chi connectivity index (χ4v) is 5.96. The van der Waals surface area contributed by atoms with E-state index < -0.39 is 38.7 Å². The van der Waals surface area contributed by atoms with Gasteiger partial charge in [0.25, 0.3) is 0 Å². The van der Waals surface area contributed by atoms with Gasteiger partial charge >= 0.3 is 7.82 Å². The molecule has 202 valence electrons. The summed E-state index contributed by atoms with van der Waals surface area (Å²) in [5, 5.41) is -0.450.